The summed E-state index contributed by atoms with van der Waals surface area (Å²) in [4.78, 5) is 0. The molecule has 6 atom stereocenters. The normalized spacial score (nSPS) is 23.1. The van der Waals surface area contributed by atoms with Gasteiger partial charge in [-0.05, 0) is 111 Å². The first kappa shape index (κ1) is 57.2. The van der Waals surface area contributed by atoms with Gasteiger partial charge in [-0.1, -0.05) is 116 Å². The van der Waals surface area contributed by atoms with Gasteiger partial charge in [0.2, 0.25) is 0 Å². The van der Waals surface area contributed by atoms with Crippen molar-refractivity contribution < 1.29 is 40.8 Å². The summed E-state index contributed by atoms with van der Waals surface area (Å²) in [5, 5.41) is 0. The van der Waals surface area contributed by atoms with Crippen LogP contribution in [0.4, 0.5) is 0 Å². The molecule has 6 saturated carbocycles. The molecule has 0 heterocycles. The van der Waals surface area contributed by atoms with E-state index in [4.69, 9.17) is 0 Å². The number of hydrogen-bond acceptors (Lipinski definition) is 0. The number of hydrogen-bond donors (Lipinski definition) is 0. The molecular formula is C36H80Cl2P6Pd2. The molecule has 0 aliphatic heterocycles. The molecule has 6 aliphatic carbocycles. The van der Waals surface area contributed by atoms with Gasteiger partial charge in [0, 0.05) is 40.8 Å². The van der Waals surface area contributed by atoms with Crippen molar-refractivity contribution in [1.82, 2.24) is 0 Å². The topological polar surface area (TPSA) is 0 Å². The molecule has 10 heteroatoms. The third-order valence-corrected chi connectivity index (χ3v) is 13.9. The summed E-state index contributed by atoms with van der Waals surface area (Å²) in [5.41, 5.74) is 5.72. The van der Waals surface area contributed by atoms with Crippen molar-refractivity contribution in [2.24, 2.45) is 0 Å². The monoisotopic (exact) mass is 980 g/mol. The van der Waals surface area contributed by atoms with Crippen molar-refractivity contribution in [3.05, 3.63) is 0 Å². The zero-order chi connectivity index (χ0) is 30.7. The van der Waals surface area contributed by atoms with Gasteiger partial charge in [0.05, 0.1) is 0 Å². The molecule has 288 valence electrons. The molecule has 0 aromatic heterocycles. The smallest absolute Gasteiger partial charge is 0 e. The van der Waals surface area contributed by atoms with E-state index in [-0.39, 0.29) is 65.7 Å². The van der Waals surface area contributed by atoms with Crippen molar-refractivity contribution >= 4 is 80.3 Å². The van der Waals surface area contributed by atoms with Gasteiger partial charge in [0.1, 0.15) is 0 Å². The summed E-state index contributed by atoms with van der Waals surface area (Å²) in [7, 11) is 17.4. The van der Waals surface area contributed by atoms with Crippen LogP contribution in [-0.2, 0) is 40.8 Å². The Hall–Kier alpha value is 4.48. The van der Waals surface area contributed by atoms with Crippen LogP contribution in [0.1, 0.15) is 193 Å². The average molecular weight is 983 g/mol. The van der Waals surface area contributed by atoms with Crippen LogP contribution in [0, 0.1) is 0 Å². The molecule has 6 rings (SSSR count). The third-order valence-electron chi connectivity index (χ3n) is 9.90. The Morgan fingerprint density at radius 1 is 0.196 bits per heavy atom. The quantitative estimate of drug-likeness (QED) is 0.168. The summed E-state index contributed by atoms with van der Waals surface area (Å²) < 4.78 is 0. The molecule has 0 saturated heterocycles. The van der Waals surface area contributed by atoms with E-state index in [1.54, 1.807) is 0 Å². The van der Waals surface area contributed by atoms with Gasteiger partial charge in [0.15, 0.2) is 0 Å². The van der Waals surface area contributed by atoms with Gasteiger partial charge in [-0.25, -0.2) is 0 Å². The van der Waals surface area contributed by atoms with Gasteiger partial charge in [0.25, 0.3) is 0 Å². The first-order chi connectivity index (χ1) is 20.4. The summed E-state index contributed by atoms with van der Waals surface area (Å²) in [6.45, 7) is 0. The minimum absolute atomic E-state index is 0. The van der Waals surface area contributed by atoms with E-state index in [0.717, 1.165) is 34.0 Å². The van der Waals surface area contributed by atoms with Crippen molar-refractivity contribution in [2.75, 3.05) is 0 Å². The van der Waals surface area contributed by atoms with Crippen molar-refractivity contribution in [2.45, 2.75) is 227 Å². The Balaban J connectivity index is -0.000000226. The molecule has 0 amide bonds. The van der Waals surface area contributed by atoms with Crippen LogP contribution in [0.15, 0.2) is 0 Å². The number of rotatable bonds is 0. The summed E-state index contributed by atoms with van der Waals surface area (Å²) in [5.74, 6) is 0. The van der Waals surface area contributed by atoms with Crippen LogP contribution in [0.2, 0.25) is 0 Å². The Kier molecular flexibility index (Phi) is 52.5. The van der Waals surface area contributed by atoms with Gasteiger partial charge in [-0.3, -0.25) is 0 Å². The van der Waals surface area contributed by atoms with Crippen molar-refractivity contribution in [1.29, 1.82) is 0 Å². The standard InChI is InChI=1S/6C6H13P.2ClH.2Pd/c6*7-6-4-2-1-3-5-6;;;;/h6*6H,1-5,7H2;2*1H;;. The SMILES string of the molecule is Cl.Cl.PC1CCCCC1.PC1CCCCC1.PC1CCCCC1.PC1CCCCC1.PC1CCCCC1.PC1CCCCC1.[Pd].[Pd]. The van der Waals surface area contributed by atoms with E-state index in [1.165, 1.54) is 193 Å². The summed E-state index contributed by atoms with van der Waals surface area (Å²) in [6, 6.07) is 0. The largest absolute Gasteiger partial charge is 0.147 e. The Morgan fingerprint density at radius 2 is 0.283 bits per heavy atom. The molecular weight excluding hydrogens is 902 g/mol. The van der Waals surface area contributed by atoms with Gasteiger partial charge in [-0.2, -0.15) is 0 Å². The zero-order valence-corrected chi connectivity index (χ0v) is 41.3. The maximum absolute atomic E-state index is 2.91. The third kappa shape index (κ3) is 39.7. The minimum atomic E-state index is 0. The minimum Gasteiger partial charge on any atom is -0.147 e. The molecule has 6 unspecified atom stereocenters. The number of halogens is 2. The van der Waals surface area contributed by atoms with Gasteiger partial charge >= 0.3 is 0 Å². The molecule has 0 radical (unpaired) electrons. The Bertz CT molecular complexity index is 425. The Morgan fingerprint density at radius 3 is 0.326 bits per heavy atom. The molecule has 46 heavy (non-hydrogen) atoms. The molecule has 6 aliphatic rings. The fraction of sp³-hybridized carbons (Fsp3) is 1.00. The second kappa shape index (κ2) is 42.2. The van der Waals surface area contributed by atoms with Gasteiger partial charge in [-0.15, -0.1) is 80.3 Å². The second-order valence-electron chi connectivity index (χ2n) is 14.4. The molecule has 0 N–H and O–H groups in total. The van der Waals surface area contributed by atoms with E-state index in [9.17, 15) is 0 Å². The predicted octanol–water partition coefficient (Wildman–Crippen LogP) is 14.0. The van der Waals surface area contributed by atoms with E-state index < -0.39 is 0 Å². The first-order valence-electron chi connectivity index (χ1n) is 18.9. The zero-order valence-electron chi connectivity index (χ0n) is 29.6. The second-order valence-corrected chi connectivity index (χ2v) is 20.0. The van der Waals surface area contributed by atoms with Crippen LogP contribution in [0.3, 0.4) is 0 Å². The fourth-order valence-electron chi connectivity index (χ4n) is 6.81. The summed E-state index contributed by atoms with van der Waals surface area (Å²) >= 11 is 0. The molecule has 0 aromatic carbocycles. The predicted molar refractivity (Wildman–Crippen MR) is 234 cm³/mol. The van der Waals surface area contributed by atoms with Crippen LogP contribution < -0.4 is 0 Å². The molecule has 6 fully saturated rings. The molecule has 0 aromatic rings. The average Bonchev–Trinajstić information content (AvgIpc) is 3.01. The van der Waals surface area contributed by atoms with Gasteiger partial charge < -0.3 is 0 Å². The van der Waals surface area contributed by atoms with E-state index in [2.05, 4.69) is 55.4 Å². The molecule has 0 nitrogen and oxygen atoms in total. The van der Waals surface area contributed by atoms with Crippen LogP contribution in [0.5, 0.6) is 0 Å². The van der Waals surface area contributed by atoms with E-state index in [1.807, 2.05) is 0 Å². The molecule has 0 spiro atoms. The first-order valence-corrected chi connectivity index (χ1v) is 22.9. The van der Waals surface area contributed by atoms with Crippen molar-refractivity contribution in [3.63, 3.8) is 0 Å². The van der Waals surface area contributed by atoms with Crippen LogP contribution >= 0.6 is 80.3 Å². The fourth-order valence-corrected chi connectivity index (χ4v) is 9.63. The maximum Gasteiger partial charge on any atom is 0 e. The Labute approximate surface area is 344 Å². The summed E-state index contributed by atoms with van der Waals surface area (Å²) in [6.07, 6.45) is 43.8. The molecule has 0 bridgehead atoms. The van der Waals surface area contributed by atoms with Crippen molar-refractivity contribution in [3.8, 4) is 0 Å². The van der Waals surface area contributed by atoms with Crippen LogP contribution in [-0.4, -0.2) is 34.0 Å². The van der Waals surface area contributed by atoms with E-state index in [0.29, 0.717) is 0 Å². The maximum atomic E-state index is 2.91. The van der Waals surface area contributed by atoms with E-state index >= 15 is 0 Å². The van der Waals surface area contributed by atoms with Crippen LogP contribution in [0.25, 0.3) is 0 Å².